The molecule has 2 aliphatic rings. The van der Waals surface area contributed by atoms with Crippen LogP contribution in [0.15, 0.2) is 42.5 Å². The van der Waals surface area contributed by atoms with Crippen LogP contribution in [0.5, 0.6) is 17.2 Å². The minimum atomic E-state index is 0.154. The molecule has 6 nitrogen and oxygen atoms in total. The van der Waals surface area contributed by atoms with Gasteiger partial charge in [-0.2, -0.15) is 0 Å². The zero-order valence-electron chi connectivity index (χ0n) is 18.4. The number of carbonyl (C=O) groups is 1. The molecule has 1 saturated carbocycles. The molecule has 1 saturated heterocycles. The lowest BCUT2D eigenvalue weighted by molar-refractivity contribution is -0.123. The summed E-state index contributed by atoms with van der Waals surface area (Å²) in [5.41, 5.74) is 2.44. The molecule has 2 aromatic rings. The number of rotatable bonds is 8. The molecule has 2 aromatic carbocycles. The standard InChI is InChI=1S/C25H32N2O4/c1-30-22-6-4-3-5-19(22)9-12-26-24(29)20-16-25(20)10-13-27(14-11-25)17-18-7-8-21(28)23(15-18)31-2/h3-8,15,20,28H,9-14,16-17H2,1-2H3,(H,26,29). The van der Waals surface area contributed by atoms with Crippen LogP contribution in [0, 0.1) is 11.3 Å². The van der Waals surface area contributed by atoms with E-state index < -0.39 is 0 Å². The Hall–Kier alpha value is -2.73. The Kier molecular flexibility index (Phi) is 6.37. The SMILES string of the molecule is COc1cc(CN2CCC3(CC2)CC3C(=O)NCCc2ccccc2OC)ccc1O. The highest BCUT2D eigenvalue weighted by Crippen LogP contribution is 2.59. The first-order chi connectivity index (χ1) is 15.0. The van der Waals surface area contributed by atoms with Crippen molar-refractivity contribution in [2.45, 2.75) is 32.2 Å². The van der Waals surface area contributed by atoms with Gasteiger partial charge in [0.25, 0.3) is 0 Å². The first-order valence-electron chi connectivity index (χ1n) is 11.0. The van der Waals surface area contributed by atoms with Gasteiger partial charge in [-0.05, 0) is 73.5 Å². The minimum absolute atomic E-state index is 0.154. The predicted molar refractivity (Wildman–Crippen MR) is 119 cm³/mol. The second kappa shape index (κ2) is 9.18. The first kappa shape index (κ1) is 21.5. The van der Waals surface area contributed by atoms with Crippen LogP contribution in [0.4, 0.5) is 0 Å². The molecule has 1 unspecified atom stereocenters. The normalized spacial score (nSPS) is 19.7. The third-order valence-electron chi connectivity index (χ3n) is 6.89. The van der Waals surface area contributed by atoms with Crippen LogP contribution in [0.1, 0.15) is 30.4 Å². The van der Waals surface area contributed by atoms with Gasteiger partial charge in [0, 0.05) is 19.0 Å². The maximum absolute atomic E-state index is 12.7. The first-order valence-corrected chi connectivity index (χ1v) is 11.0. The van der Waals surface area contributed by atoms with Gasteiger partial charge in [0.15, 0.2) is 11.5 Å². The lowest BCUT2D eigenvalue weighted by Gasteiger charge is -2.33. The van der Waals surface area contributed by atoms with E-state index in [4.69, 9.17) is 9.47 Å². The number of benzene rings is 2. The Balaban J connectivity index is 1.22. The van der Waals surface area contributed by atoms with Gasteiger partial charge >= 0.3 is 0 Å². The average Bonchev–Trinajstić information content (AvgIpc) is 3.50. The molecule has 1 aliphatic heterocycles. The summed E-state index contributed by atoms with van der Waals surface area (Å²) in [7, 11) is 3.24. The fourth-order valence-electron chi connectivity index (χ4n) is 4.86. The van der Waals surface area contributed by atoms with Gasteiger partial charge in [-0.15, -0.1) is 0 Å². The van der Waals surface area contributed by atoms with E-state index in [1.165, 1.54) is 0 Å². The van der Waals surface area contributed by atoms with E-state index in [9.17, 15) is 9.90 Å². The number of methoxy groups -OCH3 is 2. The summed E-state index contributed by atoms with van der Waals surface area (Å²) in [6.45, 7) is 3.46. The van der Waals surface area contributed by atoms with Gasteiger partial charge in [-0.3, -0.25) is 9.69 Å². The van der Waals surface area contributed by atoms with Crippen molar-refractivity contribution in [2.24, 2.45) is 11.3 Å². The van der Waals surface area contributed by atoms with Crippen LogP contribution >= 0.6 is 0 Å². The number of hydrogen-bond acceptors (Lipinski definition) is 5. The second-order valence-electron chi connectivity index (χ2n) is 8.75. The molecular formula is C25H32N2O4. The monoisotopic (exact) mass is 424 g/mol. The van der Waals surface area contributed by atoms with Gasteiger partial charge < -0.3 is 19.9 Å². The van der Waals surface area contributed by atoms with Gasteiger partial charge in [0.1, 0.15) is 5.75 Å². The number of phenolic OH excluding ortho intramolecular Hbond substituents is 1. The number of likely N-dealkylation sites (tertiary alicyclic amines) is 1. The van der Waals surface area contributed by atoms with Crippen molar-refractivity contribution in [3.05, 3.63) is 53.6 Å². The molecular weight excluding hydrogens is 392 g/mol. The van der Waals surface area contributed by atoms with E-state index in [1.807, 2.05) is 36.4 Å². The lowest BCUT2D eigenvalue weighted by atomic mass is 9.90. The van der Waals surface area contributed by atoms with Crippen molar-refractivity contribution in [2.75, 3.05) is 33.9 Å². The van der Waals surface area contributed by atoms with Gasteiger partial charge in [-0.1, -0.05) is 24.3 Å². The van der Waals surface area contributed by atoms with Crippen LogP contribution in [-0.4, -0.2) is 49.8 Å². The number of carbonyl (C=O) groups excluding carboxylic acids is 1. The van der Waals surface area contributed by atoms with Gasteiger partial charge in [0.2, 0.25) is 5.91 Å². The van der Waals surface area contributed by atoms with Crippen LogP contribution in [0.3, 0.4) is 0 Å². The number of para-hydroxylation sites is 1. The van der Waals surface area contributed by atoms with E-state index in [0.29, 0.717) is 12.3 Å². The Labute approximate surface area is 184 Å². The average molecular weight is 425 g/mol. The molecule has 0 aromatic heterocycles. The van der Waals surface area contributed by atoms with Crippen LogP contribution in [0.25, 0.3) is 0 Å². The number of piperidine rings is 1. The number of aromatic hydroxyl groups is 1. The smallest absolute Gasteiger partial charge is 0.223 e. The van der Waals surface area contributed by atoms with Crippen LogP contribution < -0.4 is 14.8 Å². The zero-order valence-corrected chi connectivity index (χ0v) is 18.4. The highest BCUT2D eigenvalue weighted by molar-refractivity contribution is 5.82. The zero-order chi connectivity index (χ0) is 21.8. The topological polar surface area (TPSA) is 71.0 Å². The Morgan fingerprint density at radius 1 is 1.13 bits per heavy atom. The molecule has 1 atom stereocenters. The number of ether oxygens (including phenoxy) is 2. The molecule has 2 N–H and O–H groups in total. The molecule has 2 fully saturated rings. The van der Waals surface area contributed by atoms with Gasteiger partial charge in [-0.25, -0.2) is 0 Å². The van der Waals surface area contributed by atoms with Crippen molar-refractivity contribution < 1.29 is 19.4 Å². The van der Waals surface area contributed by atoms with E-state index in [2.05, 4.69) is 10.2 Å². The largest absolute Gasteiger partial charge is 0.504 e. The van der Waals surface area contributed by atoms with Crippen molar-refractivity contribution in [3.8, 4) is 17.2 Å². The molecule has 0 bridgehead atoms. The third-order valence-corrected chi connectivity index (χ3v) is 6.89. The summed E-state index contributed by atoms with van der Waals surface area (Å²) < 4.78 is 10.6. The Morgan fingerprint density at radius 3 is 2.61 bits per heavy atom. The molecule has 166 valence electrons. The summed E-state index contributed by atoms with van der Waals surface area (Å²) in [5, 5.41) is 12.9. The van der Waals surface area contributed by atoms with Crippen LogP contribution in [-0.2, 0) is 17.8 Å². The predicted octanol–water partition coefficient (Wildman–Crippen LogP) is 3.37. The third kappa shape index (κ3) is 4.79. The fourth-order valence-corrected chi connectivity index (χ4v) is 4.86. The molecule has 1 heterocycles. The second-order valence-corrected chi connectivity index (χ2v) is 8.75. The molecule has 1 amide bonds. The van der Waals surface area contributed by atoms with Crippen molar-refractivity contribution in [3.63, 3.8) is 0 Å². The number of phenols is 1. The van der Waals surface area contributed by atoms with Gasteiger partial charge in [0.05, 0.1) is 14.2 Å². The van der Waals surface area contributed by atoms with E-state index in [-0.39, 0.29) is 23.0 Å². The quantitative estimate of drug-likeness (QED) is 0.680. The number of nitrogens with one attached hydrogen (secondary N) is 1. The molecule has 6 heteroatoms. The summed E-state index contributed by atoms with van der Waals surface area (Å²) in [5.74, 6) is 1.91. The molecule has 31 heavy (non-hydrogen) atoms. The number of amides is 1. The van der Waals surface area contributed by atoms with E-state index in [0.717, 1.165) is 62.2 Å². The summed E-state index contributed by atoms with van der Waals surface area (Å²) in [4.78, 5) is 15.1. The summed E-state index contributed by atoms with van der Waals surface area (Å²) in [6, 6.07) is 13.5. The molecule has 4 rings (SSSR count). The van der Waals surface area contributed by atoms with Crippen molar-refractivity contribution >= 4 is 5.91 Å². The maximum Gasteiger partial charge on any atom is 0.223 e. The van der Waals surface area contributed by atoms with E-state index >= 15 is 0 Å². The van der Waals surface area contributed by atoms with E-state index in [1.54, 1.807) is 20.3 Å². The number of hydrogen-bond donors (Lipinski definition) is 2. The molecule has 1 aliphatic carbocycles. The summed E-state index contributed by atoms with van der Waals surface area (Å²) in [6.07, 6.45) is 3.91. The van der Waals surface area contributed by atoms with Crippen molar-refractivity contribution in [1.29, 1.82) is 0 Å². The molecule has 0 radical (unpaired) electrons. The lowest BCUT2D eigenvalue weighted by Crippen LogP contribution is -2.37. The fraction of sp³-hybridized carbons (Fsp3) is 0.480. The minimum Gasteiger partial charge on any atom is -0.504 e. The van der Waals surface area contributed by atoms with Crippen molar-refractivity contribution in [1.82, 2.24) is 10.2 Å². The highest BCUT2D eigenvalue weighted by Gasteiger charge is 2.58. The van der Waals surface area contributed by atoms with Crippen LogP contribution in [0.2, 0.25) is 0 Å². The Bertz CT molecular complexity index is 921. The molecule has 1 spiro atoms. The Morgan fingerprint density at radius 2 is 1.87 bits per heavy atom. The highest BCUT2D eigenvalue weighted by atomic mass is 16.5. The summed E-state index contributed by atoms with van der Waals surface area (Å²) >= 11 is 0. The number of nitrogens with zero attached hydrogens (tertiary/aromatic N) is 1. The maximum atomic E-state index is 12.7.